The quantitative estimate of drug-likeness (QED) is 0.520. The first-order chi connectivity index (χ1) is 13.5. The molecule has 0 radical (unpaired) electrons. The van der Waals surface area contributed by atoms with Gasteiger partial charge in [0, 0.05) is 17.2 Å². The van der Waals surface area contributed by atoms with Crippen molar-refractivity contribution in [2.24, 2.45) is 0 Å². The average molecular weight is 399 g/mol. The van der Waals surface area contributed by atoms with Gasteiger partial charge in [-0.05, 0) is 36.4 Å². The second kappa shape index (κ2) is 7.44. The van der Waals surface area contributed by atoms with Gasteiger partial charge in [-0.1, -0.05) is 35.9 Å². The van der Waals surface area contributed by atoms with E-state index in [1.54, 1.807) is 30.3 Å². The standard InChI is InChI=1S/C22H13ClF2O3/c23-17-5-3-7-19(25)16(17)11-21-22(26)15-9-8-14(10-20(15)28-21)27-12-13-4-1-2-6-18(13)24/h1-11H,12H2/b21-11-. The van der Waals surface area contributed by atoms with Crippen LogP contribution in [0, 0.1) is 11.6 Å². The maximum absolute atomic E-state index is 14.0. The number of benzene rings is 3. The lowest BCUT2D eigenvalue weighted by Gasteiger charge is -2.08. The predicted molar refractivity (Wildman–Crippen MR) is 102 cm³/mol. The zero-order chi connectivity index (χ0) is 19.7. The molecule has 0 atom stereocenters. The highest BCUT2D eigenvalue weighted by Gasteiger charge is 2.28. The minimum atomic E-state index is -0.554. The summed E-state index contributed by atoms with van der Waals surface area (Å²) in [5, 5.41) is 0.175. The molecule has 0 spiro atoms. The lowest BCUT2D eigenvalue weighted by atomic mass is 10.1. The maximum atomic E-state index is 14.0. The second-order valence-corrected chi connectivity index (χ2v) is 6.52. The summed E-state index contributed by atoms with van der Waals surface area (Å²) in [6.07, 6.45) is 1.28. The predicted octanol–water partition coefficient (Wildman–Crippen LogP) is 5.81. The SMILES string of the molecule is O=C1/C(=C/c2c(F)cccc2Cl)Oc2cc(OCc3ccccc3F)ccc21. The fourth-order valence-corrected chi connectivity index (χ4v) is 3.03. The third-order valence-corrected chi connectivity index (χ3v) is 4.60. The monoisotopic (exact) mass is 398 g/mol. The highest BCUT2D eigenvalue weighted by Crippen LogP contribution is 2.36. The largest absolute Gasteiger partial charge is 0.489 e. The molecule has 3 nitrogen and oxygen atoms in total. The van der Waals surface area contributed by atoms with Gasteiger partial charge in [0.05, 0.1) is 10.6 Å². The molecule has 0 unspecified atom stereocenters. The molecule has 1 aliphatic rings. The molecule has 1 aliphatic heterocycles. The number of fused-ring (bicyclic) bond motifs is 1. The van der Waals surface area contributed by atoms with Crippen LogP contribution in [0.15, 0.2) is 66.4 Å². The third kappa shape index (κ3) is 3.49. The van der Waals surface area contributed by atoms with E-state index in [0.29, 0.717) is 16.9 Å². The summed E-state index contributed by atoms with van der Waals surface area (Å²) in [6.45, 7) is 0.0347. The van der Waals surface area contributed by atoms with E-state index in [9.17, 15) is 13.6 Å². The average Bonchev–Trinajstić information content (AvgIpc) is 2.99. The molecule has 140 valence electrons. The Morgan fingerprint density at radius 2 is 1.79 bits per heavy atom. The van der Waals surface area contributed by atoms with E-state index in [0.717, 1.165) is 0 Å². The van der Waals surface area contributed by atoms with Gasteiger partial charge < -0.3 is 9.47 Å². The van der Waals surface area contributed by atoms with Crippen molar-refractivity contribution in [1.29, 1.82) is 0 Å². The van der Waals surface area contributed by atoms with Gasteiger partial charge >= 0.3 is 0 Å². The number of allylic oxidation sites excluding steroid dienone is 1. The highest BCUT2D eigenvalue weighted by molar-refractivity contribution is 6.32. The molecular weight excluding hydrogens is 386 g/mol. The molecule has 3 aromatic rings. The molecular formula is C22H13ClF2O3. The van der Waals surface area contributed by atoms with Gasteiger partial charge in [-0.3, -0.25) is 4.79 Å². The zero-order valence-electron chi connectivity index (χ0n) is 14.4. The van der Waals surface area contributed by atoms with Gasteiger partial charge in [0.1, 0.15) is 29.7 Å². The molecule has 0 N–H and O–H groups in total. The van der Waals surface area contributed by atoms with Crippen molar-refractivity contribution >= 4 is 23.5 Å². The number of carbonyl (C=O) groups is 1. The normalized spacial score (nSPS) is 14.1. The van der Waals surface area contributed by atoms with E-state index >= 15 is 0 Å². The summed E-state index contributed by atoms with van der Waals surface area (Å²) in [5.41, 5.74) is 0.822. The Hall–Kier alpha value is -3.18. The fourth-order valence-electron chi connectivity index (χ4n) is 2.81. The van der Waals surface area contributed by atoms with Gasteiger partial charge in [0.2, 0.25) is 5.78 Å². The molecule has 0 amide bonds. The summed E-state index contributed by atoms with van der Waals surface area (Å²) >= 11 is 6.00. The molecule has 0 fully saturated rings. The van der Waals surface area contributed by atoms with Crippen molar-refractivity contribution in [2.75, 3.05) is 0 Å². The van der Waals surface area contributed by atoms with Crippen molar-refractivity contribution in [2.45, 2.75) is 6.61 Å². The van der Waals surface area contributed by atoms with Crippen LogP contribution >= 0.6 is 11.6 Å². The molecule has 0 aromatic heterocycles. The van der Waals surface area contributed by atoms with E-state index in [2.05, 4.69) is 0 Å². The fraction of sp³-hybridized carbons (Fsp3) is 0.0455. The van der Waals surface area contributed by atoms with Crippen LogP contribution in [0.3, 0.4) is 0 Å². The Kier molecular flexibility index (Phi) is 4.84. The summed E-state index contributed by atoms with van der Waals surface area (Å²) in [4.78, 5) is 12.5. The van der Waals surface area contributed by atoms with Gasteiger partial charge in [-0.25, -0.2) is 8.78 Å². The Bertz CT molecular complexity index is 1090. The summed E-state index contributed by atoms with van der Waals surface area (Å²) in [6, 6.07) is 15.2. The zero-order valence-corrected chi connectivity index (χ0v) is 15.2. The maximum Gasteiger partial charge on any atom is 0.231 e. The Morgan fingerprint density at radius 1 is 1.00 bits per heavy atom. The molecule has 0 saturated heterocycles. The van der Waals surface area contributed by atoms with Gasteiger partial charge in [-0.2, -0.15) is 0 Å². The van der Waals surface area contributed by atoms with Crippen molar-refractivity contribution in [3.63, 3.8) is 0 Å². The topological polar surface area (TPSA) is 35.5 Å². The number of Topliss-reactive ketones (excluding diaryl/α,β-unsaturated/α-hetero) is 1. The molecule has 6 heteroatoms. The van der Waals surface area contributed by atoms with Crippen LogP contribution in [-0.4, -0.2) is 5.78 Å². The van der Waals surface area contributed by atoms with Crippen LogP contribution in [0.2, 0.25) is 5.02 Å². The number of hydrogen-bond acceptors (Lipinski definition) is 3. The number of rotatable bonds is 4. The first kappa shape index (κ1) is 18.2. The number of carbonyl (C=O) groups excluding carboxylic acids is 1. The summed E-state index contributed by atoms with van der Waals surface area (Å²) in [5.74, 6) is -0.624. The van der Waals surface area contributed by atoms with Gasteiger partial charge in [0.25, 0.3) is 0 Å². The molecule has 28 heavy (non-hydrogen) atoms. The van der Waals surface area contributed by atoms with Crippen LogP contribution in [0.1, 0.15) is 21.5 Å². The number of halogens is 3. The van der Waals surface area contributed by atoms with Crippen molar-refractivity contribution in [3.05, 3.63) is 99.8 Å². The van der Waals surface area contributed by atoms with Crippen molar-refractivity contribution in [3.8, 4) is 11.5 Å². The highest BCUT2D eigenvalue weighted by atomic mass is 35.5. The lowest BCUT2D eigenvalue weighted by molar-refractivity contribution is 0.101. The molecule has 0 bridgehead atoms. The summed E-state index contributed by atoms with van der Waals surface area (Å²) in [7, 11) is 0. The Balaban J connectivity index is 1.56. The third-order valence-electron chi connectivity index (χ3n) is 4.27. The number of hydrogen-bond donors (Lipinski definition) is 0. The minimum Gasteiger partial charge on any atom is -0.489 e. The summed E-state index contributed by atoms with van der Waals surface area (Å²) < 4.78 is 38.8. The van der Waals surface area contributed by atoms with Gasteiger partial charge in [0.15, 0.2) is 5.76 Å². The molecule has 3 aromatic carbocycles. The minimum absolute atomic E-state index is 0.0340. The van der Waals surface area contributed by atoms with E-state index in [-0.39, 0.29) is 40.3 Å². The first-order valence-electron chi connectivity index (χ1n) is 8.41. The Labute approximate surface area is 164 Å². The second-order valence-electron chi connectivity index (χ2n) is 6.11. The van der Waals surface area contributed by atoms with Crippen molar-refractivity contribution in [1.82, 2.24) is 0 Å². The van der Waals surface area contributed by atoms with E-state index in [4.69, 9.17) is 21.1 Å². The number of ether oxygens (including phenoxy) is 2. The van der Waals surface area contributed by atoms with E-state index in [1.165, 1.54) is 36.4 Å². The van der Waals surface area contributed by atoms with E-state index < -0.39 is 5.82 Å². The van der Waals surface area contributed by atoms with Crippen LogP contribution in [0.4, 0.5) is 8.78 Å². The molecule has 0 saturated carbocycles. The van der Waals surface area contributed by atoms with Crippen LogP contribution in [0.25, 0.3) is 6.08 Å². The van der Waals surface area contributed by atoms with Crippen molar-refractivity contribution < 1.29 is 23.0 Å². The lowest BCUT2D eigenvalue weighted by Crippen LogP contribution is -1.99. The van der Waals surface area contributed by atoms with Crippen LogP contribution in [0.5, 0.6) is 11.5 Å². The van der Waals surface area contributed by atoms with Crippen LogP contribution in [-0.2, 0) is 6.61 Å². The molecule has 4 rings (SSSR count). The van der Waals surface area contributed by atoms with Gasteiger partial charge in [-0.15, -0.1) is 0 Å². The van der Waals surface area contributed by atoms with Crippen LogP contribution < -0.4 is 9.47 Å². The first-order valence-corrected chi connectivity index (χ1v) is 8.79. The smallest absolute Gasteiger partial charge is 0.231 e. The Morgan fingerprint density at radius 3 is 2.57 bits per heavy atom. The molecule has 1 heterocycles. The molecule has 0 aliphatic carbocycles. The number of ketones is 1. The van der Waals surface area contributed by atoms with E-state index in [1.807, 2.05) is 0 Å².